The molecule has 2 rings (SSSR count). The Bertz CT molecular complexity index is 473. The Hall–Kier alpha value is -0.810. The maximum absolute atomic E-state index is 12.2. The lowest BCUT2D eigenvalue weighted by Gasteiger charge is -2.21. The number of carbonyl (C=O) groups is 1. The molecule has 1 aliphatic rings. The van der Waals surface area contributed by atoms with Crippen LogP contribution in [-0.2, 0) is 0 Å². The summed E-state index contributed by atoms with van der Waals surface area (Å²) in [6, 6.07) is 5.88. The van der Waals surface area contributed by atoms with Crippen LogP contribution in [0.4, 0.5) is 5.69 Å². The molecule has 0 aromatic heterocycles. The quantitative estimate of drug-likeness (QED) is 0.841. The van der Waals surface area contributed by atoms with Crippen LogP contribution in [0.5, 0.6) is 0 Å². The largest absolute Gasteiger partial charge is 0.385 e. The third-order valence-corrected chi connectivity index (χ3v) is 6.27. The lowest BCUT2D eigenvalue weighted by molar-refractivity contribution is 0.0954. The molecular formula is C16H24N2OS2. The van der Waals surface area contributed by atoms with Crippen molar-refractivity contribution in [3.63, 3.8) is 0 Å². The van der Waals surface area contributed by atoms with E-state index in [-0.39, 0.29) is 5.91 Å². The van der Waals surface area contributed by atoms with Gasteiger partial charge in [-0.1, -0.05) is 6.92 Å². The zero-order chi connectivity index (χ0) is 15.1. The van der Waals surface area contributed by atoms with Crippen molar-refractivity contribution in [2.24, 2.45) is 0 Å². The van der Waals surface area contributed by atoms with Gasteiger partial charge in [-0.2, -0.15) is 23.5 Å². The van der Waals surface area contributed by atoms with Crippen LogP contribution < -0.4 is 10.6 Å². The van der Waals surface area contributed by atoms with Crippen molar-refractivity contribution in [2.75, 3.05) is 35.7 Å². The second-order valence-corrected chi connectivity index (χ2v) is 7.79. The van der Waals surface area contributed by atoms with Crippen LogP contribution in [0.25, 0.3) is 0 Å². The normalized spacial score (nSPS) is 18.3. The number of nitrogens with one attached hydrogen (secondary N) is 2. The summed E-state index contributed by atoms with van der Waals surface area (Å²) in [7, 11) is 0. The Morgan fingerprint density at radius 1 is 1.38 bits per heavy atom. The van der Waals surface area contributed by atoms with Gasteiger partial charge in [0, 0.05) is 46.8 Å². The first-order valence-corrected chi connectivity index (χ1v) is 9.73. The van der Waals surface area contributed by atoms with Crippen molar-refractivity contribution in [2.45, 2.75) is 25.5 Å². The molecule has 1 aliphatic heterocycles. The molecule has 0 bridgehead atoms. The lowest BCUT2D eigenvalue weighted by Crippen LogP contribution is -2.33. The molecule has 1 aromatic rings. The summed E-state index contributed by atoms with van der Waals surface area (Å²) in [5, 5.41) is 6.99. The van der Waals surface area contributed by atoms with E-state index < -0.39 is 0 Å². The molecule has 1 aromatic carbocycles. The van der Waals surface area contributed by atoms with E-state index in [2.05, 4.69) is 17.6 Å². The number of aryl methyl sites for hydroxylation is 1. The third kappa shape index (κ3) is 5.15. The van der Waals surface area contributed by atoms with Crippen LogP contribution in [0.1, 0.15) is 29.3 Å². The van der Waals surface area contributed by atoms with E-state index in [0.717, 1.165) is 42.1 Å². The van der Waals surface area contributed by atoms with Crippen molar-refractivity contribution < 1.29 is 4.79 Å². The van der Waals surface area contributed by atoms with Gasteiger partial charge in [0.25, 0.3) is 5.91 Å². The fourth-order valence-corrected chi connectivity index (χ4v) is 4.84. The number of benzene rings is 1. The zero-order valence-electron chi connectivity index (χ0n) is 12.8. The molecule has 116 valence electrons. The van der Waals surface area contributed by atoms with Gasteiger partial charge in [0.1, 0.15) is 0 Å². The van der Waals surface area contributed by atoms with Gasteiger partial charge < -0.3 is 10.6 Å². The SMILES string of the molecule is CCCNc1ccc(C(=O)NCC2CSCCS2)cc1C. The molecule has 21 heavy (non-hydrogen) atoms. The summed E-state index contributed by atoms with van der Waals surface area (Å²) in [6.07, 6.45) is 1.10. The summed E-state index contributed by atoms with van der Waals surface area (Å²) >= 11 is 3.95. The molecule has 0 saturated carbocycles. The maximum atomic E-state index is 12.2. The van der Waals surface area contributed by atoms with Crippen molar-refractivity contribution in [3.8, 4) is 0 Å². The van der Waals surface area contributed by atoms with E-state index in [4.69, 9.17) is 0 Å². The molecule has 2 N–H and O–H groups in total. The predicted octanol–water partition coefficient (Wildman–Crippen LogP) is 3.40. The van der Waals surface area contributed by atoms with Crippen LogP contribution in [-0.4, -0.2) is 41.5 Å². The smallest absolute Gasteiger partial charge is 0.251 e. The first-order valence-electron chi connectivity index (χ1n) is 7.52. The highest BCUT2D eigenvalue weighted by Gasteiger charge is 2.16. The number of hydrogen-bond acceptors (Lipinski definition) is 4. The number of amides is 1. The zero-order valence-corrected chi connectivity index (χ0v) is 14.4. The summed E-state index contributed by atoms with van der Waals surface area (Å²) in [6.45, 7) is 5.92. The van der Waals surface area contributed by atoms with Crippen LogP contribution in [0.15, 0.2) is 18.2 Å². The minimum atomic E-state index is 0.0383. The summed E-state index contributed by atoms with van der Waals surface area (Å²) in [4.78, 5) is 12.2. The summed E-state index contributed by atoms with van der Waals surface area (Å²) in [5.74, 6) is 3.61. The third-order valence-electron chi connectivity index (χ3n) is 3.43. The highest BCUT2D eigenvalue weighted by atomic mass is 32.2. The molecule has 0 aliphatic carbocycles. The van der Waals surface area contributed by atoms with Gasteiger partial charge >= 0.3 is 0 Å². The number of hydrogen-bond donors (Lipinski definition) is 2. The molecule has 1 unspecified atom stereocenters. The predicted molar refractivity (Wildman–Crippen MR) is 95.9 cm³/mol. The molecule has 0 spiro atoms. The molecular weight excluding hydrogens is 300 g/mol. The molecule has 1 atom stereocenters. The second kappa shape index (κ2) is 8.59. The van der Waals surface area contributed by atoms with Gasteiger partial charge in [-0.15, -0.1) is 0 Å². The molecule has 1 heterocycles. The molecule has 3 nitrogen and oxygen atoms in total. The standard InChI is InChI=1S/C16H24N2OS2/c1-3-6-17-15-5-4-13(9-12(15)2)16(19)18-10-14-11-20-7-8-21-14/h4-5,9,14,17H,3,6-8,10-11H2,1-2H3,(H,18,19). The first kappa shape index (κ1) is 16.6. The Balaban J connectivity index is 1.88. The molecule has 5 heteroatoms. The highest BCUT2D eigenvalue weighted by molar-refractivity contribution is 8.06. The van der Waals surface area contributed by atoms with Gasteiger partial charge in [-0.3, -0.25) is 4.79 Å². The average molecular weight is 325 g/mol. The van der Waals surface area contributed by atoms with Crippen molar-refractivity contribution in [1.29, 1.82) is 0 Å². The van der Waals surface area contributed by atoms with Crippen molar-refractivity contribution in [1.82, 2.24) is 5.32 Å². The fourth-order valence-electron chi connectivity index (χ4n) is 2.23. The van der Waals surface area contributed by atoms with Gasteiger partial charge in [-0.25, -0.2) is 0 Å². The van der Waals surface area contributed by atoms with E-state index in [1.165, 1.54) is 11.5 Å². The Kier molecular flexibility index (Phi) is 6.77. The maximum Gasteiger partial charge on any atom is 0.251 e. The second-order valence-electron chi connectivity index (χ2n) is 5.23. The lowest BCUT2D eigenvalue weighted by atomic mass is 10.1. The van der Waals surface area contributed by atoms with Crippen molar-refractivity contribution >= 4 is 35.1 Å². The first-order chi connectivity index (χ1) is 10.2. The van der Waals surface area contributed by atoms with Crippen LogP contribution in [0, 0.1) is 6.92 Å². The van der Waals surface area contributed by atoms with Crippen molar-refractivity contribution in [3.05, 3.63) is 29.3 Å². The van der Waals surface area contributed by atoms with Gasteiger partial charge in [0.2, 0.25) is 0 Å². The Morgan fingerprint density at radius 3 is 2.90 bits per heavy atom. The van der Waals surface area contributed by atoms with E-state index in [1.807, 2.05) is 48.6 Å². The van der Waals surface area contributed by atoms with Crippen LogP contribution in [0.3, 0.4) is 0 Å². The van der Waals surface area contributed by atoms with Crippen LogP contribution in [0.2, 0.25) is 0 Å². The molecule has 1 fully saturated rings. The van der Waals surface area contributed by atoms with E-state index in [9.17, 15) is 4.79 Å². The Labute approximate surface area is 136 Å². The number of anilines is 1. The van der Waals surface area contributed by atoms with Gasteiger partial charge in [0.05, 0.1) is 0 Å². The number of carbonyl (C=O) groups excluding carboxylic acids is 1. The topological polar surface area (TPSA) is 41.1 Å². The van der Waals surface area contributed by atoms with Crippen LogP contribution >= 0.6 is 23.5 Å². The Morgan fingerprint density at radius 2 is 2.24 bits per heavy atom. The number of rotatable bonds is 6. The molecule has 0 radical (unpaired) electrons. The number of thioether (sulfide) groups is 2. The monoisotopic (exact) mass is 324 g/mol. The van der Waals surface area contributed by atoms with Gasteiger partial charge in [0.15, 0.2) is 0 Å². The molecule has 1 amide bonds. The fraction of sp³-hybridized carbons (Fsp3) is 0.562. The van der Waals surface area contributed by atoms with E-state index in [1.54, 1.807) is 0 Å². The van der Waals surface area contributed by atoms with E-state index in [0.29, 0.717) is 5.25 Å². The van der Waals surface area contributed by atoms with E-state index >= 15 is 0 Å². The summed E-state index contributed by atoms with van der Waals surface area (Å²) in [5.41, 5.74) is 2.99. The van der Waals surface area contributed by atoms with Gasteiger partial charge in [-0.05, 0) is 37.1 Å². The molecule has 1 saturated heterocycles. The average Bonchev–Trinajstić information content (AvgIpc) is 2.52. The highest BCUT2D eigenvalue weighted by Crippen LogP contribution is 2.23. The minimum Gasteiger partial charge on any atom is -0.385 e. The minimum absolute atomic E-state index is 0.0383. The summed E-state index contributed by atoms with van der Waals surface area (Å²) < 4.78 is 0.